The number of rotatable bonds is 2. The first kappa shape index (κ1) is 19.7. The molecule has 4 heteroatoms. The fourth-order valence-electron chi connectivity index (χ4n) is 5.15. The van der Waals surface area contributed by atoms with Gasteiger partial charge in [-0.2, -0.15) is 0 Å². The van der Waals surface area contributed by atoms with E-state index in [0.717, 1.165) is 11.0 Å². The second-order valence-electron chi connectivity index (χ2n) is 8.73. The molecule has 0 saturated heterocycles. The van der Waals surface area contributed by atoms with Crippen molar-refractivity contribution in [1.82, 2.24) is 7.46 Å². The summed E-state index contributed by atoms with van der Waals surface area (Å²) >= 11 is 2.40. The maximum atomic E-state index is 6.50. The van der Waals surface area contributed by atoms with Crippen molar-refractivity contribution < 1.29 is 0 Å². The van der Waals surface area contributed by atoms with Crippen LogP contribution in [0.2, 0.25) is 0 Å². The molecule has 0 aliphatic heterocycles. The molecule has 0 radical (unpaired) electrons. The molecule has 0 spiro atoms. The van der Waals surface area contributed by atoms with Crippen molar-refractivity contribution in [2.45, 2.75) is 0 Å². The van der Waals surface area contributed by atoms with Crippen LogP contribution in [0, 0.1) is 0 Å². The summed E-state index contributed by atoms with van der Waals surface area (Å²) in [4.78, 5) is 0. The van der Waals surface area contributed by atoms with Gasteiger partial charge in [-0.25, -0.2) is 0 Å². The van der Waals surface area contributed by atoms with Gasteiger partial charge in [0, 0.05) is 21.5 Å². The van der Waals surface area contributed by atoms with Gasteiger partial charge < -0.3 is 5.84 Å². The molecular formula is C30H20IN3. The van der Waals surface area contributed by atoms with Crippen LogP contribution in [0.3, 0.4) is 0 Å². The lowest BCUT2D eigenvalue weighted by Gasteiger charge is -2.05. The minimum absolute atomic E-state index is 1.04. The minimum Gasteiger partial charge on any atom is -0.339 e. The molecule has 3 nitrogen and oxygen atoms in total. The van der Waals surface area contributed by atoms with E-state index < -0.39 is 0 Å². The average Bonchev–Trinajstić information content (AvgIpc) is 3.35. The Kier molecular flexibility index (Phi) is 4.26. The fraction of sp³-hybridized carbons (Fsp3) is 0. The lowest BCUT2D eigenvalue weighted by molar-refractivity contribution is 1.12. The van der Waals surface area contributed by atoms with Gasteiger partial charge in [0.2, 0.25) is 0 Å². The second kappa shape index (κ2) is 7.37. The van der Waals surface area contributed by atoms with E-state index in [-0.39, 0.29) is 0 Å². The molecule has 162 valence electrons. The molecular weight excluding hydrogens is 529 g/mol. The first-order valence-corrected chi connectivity index (χ1v) is 12.2. The van der Waals surface area contributed by atoms with Crippen LogP contribution in [-0.4, -0.2) is 7.46 Å². The zero-order valence-electron chi connectivity index (χ0n) is 18.2. The number of nitrogens with zero attached hydrogens (tertiary/aromatic N) is 2. The van der Waals surface area contributed by atoms with E-state index >= 15 is 0 Å². The third-order valence-electron chi connectivity index (χ3n) is 6.86. The van der Waals surface area contributed by atoms with Crippen molar-refractivity contribution in [3.05, 3.63) is 109 Å². The average molecular weight is 549 g/mol. The van der Waals surface area contributed by atoms with Gasteiger partial charge in [-0.1, -0.05) is 72.8 Å². The molecule has 0 atom stereocenters. The normalized spacial score (nSPS) is 11.8. The molecule has 0 saturated carbocycles. The summed E-state index contributed by atoms with van der Waals surface area (Å²) in [6.45, 7) is 0. The molecule has 0 fully saturated rings. The van der Waals surface area contributed by atoms with E-state index in [9.17, 15) is 0 Å². The number of halogens is 1. The summed E-state index contributed by atoms with van der Waals surface area (Å²) in [5.41, 5.74) is 9.33. The summed E-state index contributed by atoms with van der Waals surface area (Å²) in [6, 6.07) is 38.9. The van der Waals surface area contributed by atoms with Gasteiger partial charge >= 0.3 is 0 Å². The van der Waals surface area contributed by atoms with Crippen molar-refractivity contribution in [3.63, 3.8) is 0 Å². The molecule has 0 aliphatic carbocycles. The van der Waals surface area contributed by atoms with Gasteiger partial charge in [0.1, 0.15) is 0 Å². The smallest absolute Gasteiger partial charge is 0.0704 e. The largest absolute Gasteiger partial charge is 0.339 e. The van der Waals surface area contributed by atoms with Crippen LogP contribution in [0.25, 0.3) is 65.9 Å². The third-order valence-corrected chi connectivity index (χ3v) is 7.90. The lowest BCUT2D eigenvalue weighted by atomic mass is 9.99. The van der Waals surface area contributed by atoms with Crippen molar-refractivity contribution in [3.8, 4) is 22.3 Å². The predicted octanol–water partition coefficient (Wildman–Crippen LogP) is 8.15. The molecule has 2 N–H and O–H groups in total. The fourth-order valence-corrected chi connectivity index (χ4v) is 5.97. The predicted molar refractivity (Wildman–Crippen MR) is 153 cm³/mol. The Balaban J connectivity index is 1.44. The van der Waals surface area contributed by atoms with E-state index in [4.69, 9.17) is 5.84 Å². The molecule has 0 aliphatic rings. The van der Waals surface area contributed by atoms with Gasteiger partial charge in [-0.3, -0.25) is 7.46 Å². The number of nitrogens with two attached hydrogens (primary N) is 1. The van der Waals surface area contributed by atoms with E-state index in [1.54, 1.807) is 4.68 Å². The van der Waals surface area contributed by atoms with Crippen LogP contribution < -0.4 is 5.84 Å². The Morgan fingerprint density at radius 3 is 1.74 bits per heavy atom. The van der Waals surface area contributed by atoms with Crippen LogP contribution >= 0.6 is 22.9 Å². The van der Waals surface area contributed by atoms with E-state index in [2.05, 4.69) is 129 Å². The molecule has 2 aromatic heterocycles. The maximum Gasteiger partial charge on any atom is 0.0704 e. The van der Waals surface area contributed by atoms with E-state index in [1.807, 2.05) is 6.07 Å². The molecule has 2 heterocycles. The van der Waals surface area contributed by atoms with Gasteiger partial charge in [0.05, 0.1) is 44.9 Å². The van der Waals surface area contributed by atoms with Gasteiger partial charge in [-0.15, -0.1) is 0 Å². The van der Waals surface area contributed by atoms with Crippen LogP contribution in [0.5, 0.6) is 0 Å². The summed E-state index contributed by atoms with van der Waals surface area (Å²) in [6.07, 6.45) is 0. The first-order chi connectivity index (χ1) is 16.7. The van der Waals surface area contributed by atoms with Crippen molar-refractivity contribution >= 4 is 66.5 Å². The number of nitrogen functional groups attached to an aromatic ring is 1. The highest BCUT2D eigenvalue weighted by atomic mass is 127. The molecule has 34 heavy (non-hydrogen) atoms. The van der Waals surface area contributed by atoms with Crippen LogP contribution in [0.4, 0.5) is 0 Å². The summed E-state index contributed by atoms with van der Waals surface area (Å²) < 4.78 is 4.05. The zero-order chi connectivity index (χ0) is 22.8. The SMILES string of the molecule is Nn1c2ccc(-c3ccccc3)cc2c2cc(-c3ccc4c5ccccc5n(I)c4c3)ccc21. The van der Waals surface area contributed by atoms with Crippen molar-refractivity contribution in [1.29, 1.82) is 0 Å². The topological polar surface area (TPSA) is 35.9 Å². The zero-order valence-corrected chi connectivity index (χ0v) is 20.4. The highest BCUT2D eigenvalue weighted by Crippen LogP contribution is 2.37. The Labute approximate surface area is 210 Å². The second-order valence-corrected chi connectivity index (χ2v) is 9.69. The number of fused-ring (bicyclic) bond motifs is 6. The maximum absolute atomic E-state index is 6.50. The van der Waals surface area contributed by atoms with Crippen LogP contribution in [0.15, 0.2) is 109 Å². The van der Waals surface area contributed by atoms with Gasteiger partial charge in [0.25, 0.3) is 0 Å². The monoisotopic (exact) mass is 549 g/mol. The minimum atomic E-state index is 1.04. The van der Waals surface area contributed by atoms with Crippen molar-refractivity contribution in [2.24, 2.45) is 0 Å². The third kappa shape index (κ3) is 2.82. The molecule has 7 rings (SSSR count). The van der Waals surface area contributed by atoms with E-state index in [1.165, 1.54) is 54.8 Å². The molecule has 0 bridgehead atoms. The summed E-state index contributed by atoms with van der Waals surface area (Å²) in [7, 11) is 0. The Hall–Kier alpha value is -3.77. The molecule has 0 unspecified atom stereocenters. The van der Waals surface area contributed by atoms with Gasteiger partial charge in [0.15, 0.2) is 0 Å². The number of para-hydroxylation sites is 1. The molecule has 0 amide bonds. The van der Waals surface area contributed by atoms with E-state index in [0.29, 0.717) is 0 Å². The quantitative estimate of drug-likeness (QED) is 0.172. The number of aromatic nitrogens is 2. The number of hydrogen-bond donors (Lipinski definition) is 1. The summed E-state index contributed by atoms with van der Waals surface area (Å²) in [5.74, 6) is 6.50. The number of hydrogen-bond acceptors (Lipinski definition) is 1. The highest BCUT2D eigenvalue weighted by molar-refractivity contribution is 14.1. The van der Waals surface area contributed by atoms with Crippen LogP contribution in [-0.2, 0) is 0 Å². The lowest BCUT2D eigenvalue weighted by Crippen LogP contribution is -2.06. The number of benzene rings is 5. The molecule has 7 aromatic rings. The Morgan fingerprint density at radius 1 is 0.441 bits per heavy atom. The van der Waals surface area contributed by atoms with Crippen molar-refractivity contribution in [2.75, 3.05) is 5.84 Å². The van der Waals surface area contributed by atoms with Gasteiger partial charge in [-0.05, 0) is 58.7 Å². The molecule has 5 aromatic carbocycles. The van der Waals surface area contributed by atoms with Crippen LogP contribution in [0.1, 0.15) is 0 Å². The highest BCUT2D eigenvalue weighted by Gasteiger charge is 2.13. The first-order valence-electron chi connectivity index (χ1n) is 11.3. The summed E-state index contributed by atoms with van der Waals surface area (Å²) in [5, 5.41) is 4.90. The standard InChI is InChI=1S/C30H20IN3/c31-33-27-9-5-4-8-23(27)24-13-10-22(18-30(24)33)21-12-15-29-26(17-21)25-16-20(11-14-28(25)34(29)32)19-6-2-1-3-7-19/h1-18H,32H2. The Bertz CT molecular complexity index is 1880. The Morgan fingerprint density at radius 2 is 1.00 bits per heavy atom.